The molecule has 4 aromatic rings. The Morgan fingerprint density at radius 3 is 2.71 bits per heavy atom. The van der Waals surface area contributed by atoms with Crippen molar-refractivity contribution in [1.82, 2.24) is 19.5 Å². The van der Waals surface area contributed by atoms with E-state index in [0.29, 0.717) is 27.9 Å². The van der Waals surface area contributed by atoms with E-state index in [9.17, 15) is 19.0 Å². The largest absolute Gasteiger partial charge is 0.390 e. The minimum atomic E-state index is -1.32. The van der Waals surface area contributed by atoms with E-state index in [1.165, 1.54) is 18.5 Å². The molecule has 0 radical (unpaired) electrons. The number of aromatic nitrogens is 4. The molecular weight excluding hydrogens is 466 g/mol. The first-order chi connectivity index (χ1) is 16.2. The summed E-state index contributed by atoms with van der Waals surface area (Å²) in [6.45, 7) is -0.852. The van der Waals surface area contributed by atoms with E-state index < -0.39 is 36.2 Å². The molecule has 8 nitrogen and oxygen atoms in total. The molecule has 1 fully saturated rings. The van der Waals surface area contributed by atoms with Crippen molar-refractivity contribution in [3.63, 3.8) is 0 Å². The molecule has 6 N–H and O–H groups in total. The molecule has 3 aromatic heterocycles. The minimum absolute atomic E-state index is 0.0894. The van der Waals surface area contributed by atoms with Crippen molar-refractivity contribution in [1.29, 1.82) is 0 Å². The number of alkyl halides is 1. The lowest BCUT2D eigenvalue weighted by Crippen LogP contribution is -2.38. The van der Waals surface area contributed by atoms with Crippen LogP contribution in [0.4, 0.5) is 20.4 Å². The van der Waals surface area contributed by atoms with E-state index >= 15 is 0 Å². The van der Waals surface area contributed by atoms with Crippen LogP contribution in [0.2, 0.25) is 5.02 Å². The number of aliphatic hydroxyl groups excluding tert-OH is 2. The van der Waals surface area contributed by atoms with Crippen molar-refractivity contribution >= 4 is 45.2 Å². The molecule has 0 saturated heterocycles. The van der Waals surface area contributed by atoms with Gasteiger partial charge in [0.15, 0.2) is 0 Å². The van der Waals surface area contributed by atoms with E-state index in [1.54, 1.807) is 22.9 Å². The van der Waals surface area contributed by atoms with Gasteiger partial charge in [-0.1, -0.05) is 11.6 Å². The lowest BCUT2D eigenvalue weighted by molar-refractivity contribution is -0.0395. The predicted octanol–water partition coefficient (Wildman–Crippen LogP) is 3.19. The average molecular weight is 489 g/mol. The number of halogens is 3. The van der Waals surface area contributed by atoms with Crippen molar-refractivity contribution in [3.05, 3.63) is 53.2 Å². The summed E-state index contributed by atoms with van der Waals surface area (Å²) in [4.78, 5) is 12.3. The number of rotatable bonds is 5. The molecule has 3 heterocycles. The van der Waals surface area contributed by atoms with Crippen LogP contribution in [0.5, 0.6) is 0 Å². The number of hydrogen-bond acceptors (Lipinski definition) is 7. The molecule has 0 bridgehead atoms. The number of nitrogens with two attached hydrogens (primary N) is 2. The third-order valence-electron chi connectivity index (χ3n) is 6.96. The number of hydrogen-bond donors (Lipinski definition) is 4. The van der Waals surface area contributed by atoms with Crippen molar-refractivity contribution in [2.75, 3.05) is 18.1 Å². The Morgan fingerprint density at radius 1 is 1.15 bits per heavy atom. The highest BCUT2D eigenvalue weighted by Gasteiger charge is 2.53. The van der Waals surface area contributed by atoms with Gasteiger partial charge in [0.1, 0.15) is 35.5 Å². The first-order valence-corrected chi connectivity index (χ1v) is 11.1. The standard InChI is InChI=1S/C23H23ClF2N6O2/c24-14-7-13-15(26)5-11(6-16(13)31-21(14)28)1-3-23(9-25)8-17(18(33)19(23)34)32-4-2-12-20(27)29-10-30-22(12)32/h2,4-7,10,17-19,33-34H,1,3,8-9H2,(H2,28,31)(H2,27,29,30)/t17-,18+,19+,23+/m1/s1. The number of fused-ring (bicyclic) bond motifs is 2. The van der Waals surface area contributed by atoms with E-state index in [2.05, 4.69) is 15.0 Å². The minimum Gasteiger partial charge on any atom is -0.390 e. The van der Waals surface area contributed by atoms with E-state index in [4.69, 9.17) is 23.1 Å². The van der Waals surface area contributed by atoms with Gasteiger partial charge in [0, 0.05) is 17.0 Å². The van der Waals surface area contributed by atoms with Gasteiger partial charge in [-0.2, -0.15) is 0 Å². The molecule has 0 aliphatic heterocycles. The van der Waals surface area contributed by atoms with Crippen molar-refractivity contribution in [2.24, 2.45) is 5.41 Å². The van der Waals surface area contributed by atoms with Crippen molar-refractivity contribution in [2.45, 2.75) is 37.5 Å². The summed E-state index contributed by atoms with van der Waals surface area (Å²) in [7, 11) is 0. The summed E-state index contributed by atoms with van der Waals surface area (Å²) >= 11 is 5.95. The van der Waals surface area contributed by atoms with Gasteiger partial charge < -0.3 is 26.2 Å². The molecule has 0 amide bonds. The third kappa shape index (κ3) is 3.53. The van der Waals surface area contributed by atoms with Gasteiger partial charge >= 0.3 is 0 Å². The Balaban J connectivity index is 1.43. The van der Waals surface area contributed by atoms with Crippen LogP contribution >= 0.6 is 11.6 Å². The Kier molecular flexibility index (Phi) is 5.54. The molecular formula is C23H23ClF2N6O2. The zero-order chi connectivity index (χ0) is 24.2. The molecule has 1 aliphatic rings. The van der Waals surface area contributed by atoms with E-state index in [0.717, 1.165) is 0 Å². The number of aryl methyl sites for hydroxylation is 1. The molecule has 0 unspecified atom stereocenters. The summed E-state index contributed by atoms with van der Waals surface area (Å²) in [6, 6.07) is 5.54. The fourth-order valence-electron chi connectivity index (χ4n) is 5.02. The topological polar surface area (TPSA) is 136 Å². The zero-order valence-corrected chi connectivity index (χ0v) is 18.8. The van der Waals surface area contributed by atoms with E-state index in [-0.39, 0.29) is 35.5 Å². The van der Waals surface area contributed by atoms with Crippen LogP contribution in [0.25, 0.3) is 21.9 Å². The molecule has 178 valence electrons. The van der Waals surface area contributed by atoms with Crippen LogP contribution in [0.15, 0.2) is 36.8 Å². The summed E-state index contributed by atoms with van der Waals surface area (Å²) < 4.78 is 30.8. The summed E-state index contributed by atoms with van der Waals surface area (Å²) in [5.41, 5.74) is 11.8. The Morgan fingerprint density at radius 2 is 1.94 bits per heavy atom. The van der Waals surface area contributed by atoms with Gasteiger partial charge in [-0.15, -0.1) is 0 Å². The normalized spacial score (nSPS) is 24.9. The highest BCUT2D eigenvalue weighted by molar-refractivity contribution is 6.33. The number of aliphatic hydroxyl groups is 2. The lowest BCUT2D eigenvalue weighted by atomic mass is 9.79. The molecule has 34 heavy (non-hydrogen) atoms. The van der Waals surface area contributed by atoms with Gasteiger partial charge in [0.2, 0.25) is 0 Å². The van der Waals surface area contributed by atoms with Gasteiger partial charge in [-0.25, -0.2) is 19.3 Å². The van der Waals surface area contributed by atoms with Gasteiger partial charge in [-0.3, -0.25) is 4.39 Å². The second-order valence-electron chi connectivity index (χ2n) is 8.92. The maximum Gasteiger partial charge on any atom is 0.145 e. The first-order valence-electron chi connectivity index (χ1n) is 10.8. The maximum absolute atomic E-state index is 14.7. The van der Waals surface area contributed by atoms with Crippen LogP contribution in [-0.4, -0.2) is 48.6 Å². The second-order valence-corrected chi connectivity index (χ2v) is 9.33. The maximum atomic E-state index is 14.7. The molecule has 11 heteroatoms. The zero-order valence-electron chi connectivity index (χ0n) is 18.0. The SMILES string of the molecule is Nc1nc2cc(CC[C@@]3(CF)C[C@@H](n4ccc5c(N)ncnc54)[C@H](O)[C@@H]3O)cc(F)c2cc1Cl. The van der Waals surface area contributed by atoms with Crippen LogP contribution < -0.4 is 11.5 Å². The van der Waals surface area contributed by atoms with Gasteiger partial charge in [0.25, 0.3) is 0 Å². The number of pyridine rings is 1. The van der Waals surface area contributed by atoms with Crippen LogP contribution in [0, 0.1) is 11.2 Å². The second kappa shape index (κ2) is 8.30. The van der Waals surface area contributed by atoms with Crippen LogP contribution in [0.3, 0.4) is 0 Å². The van der Waals surface area contributed by atoms with Crippen LogP contribution in [0.1, 0.15) is 24.4 Å². The van der Waals surface area contributed by atoms with Gasteiger partial charge in [-0.05, 0) is 49.1 Å². The lowest BCUT2D eigenvalue weighted by Gasteiger charge is -2.30. The Hall–Kier alpha value is -3.08. The molecule has 1 aliphatic carbocycles. The third-order valence-corrected chi connectivity index (χ3v) is 7.26. The Bertz CT molecular complexity index is 1400. The average Bonchev–Trinajstić information content (AvgIpc) is 3.35. The summed E-state index contributed by atoms with van der Waals surface area (Å²) in [5, 5.41) is 22.8. The molecule has 5 rings (SSSR count). The molecule has 0 spiro atoms. The molecule has 4 atom stereocenters. The highest BCUT2D eigenvalue weighted by atomic mass is 35.5. The number of nitrogen functional groups attached to an aromatic ring is 2. The summed E-state index contributed by atoms with van der Waals surface area (Å²) in [6.07, 6.45) is 1.08. The fraction of sp³-hybridized carbons (Fsp3) is 0.348. The van der Waals surface area contributed by atoms with Crippen LogP contribution in [-0.2, 0) is 6.42 Å². The Labute approximate surface area is 198 Å². The van der Waals surface area contributed by atoms with Crippen molar-refractivity contribution in [3.8, 4) is 0 Å². The molecule has 1 aromatic carbocycles. The smallest absolute Gasteiger partial charge is 0.145 e. The number of nitrogens with zero attached hydrogens (tertiary/aromatic N) is 4. The number of benzene rings is 1. The van der Waals surface area contributed by atoms with E-state index in [1.807, 2.05) is 0 Å². The number of anilines is 2. The summed E-state index contributed by atoms with van der Waals surface area (Å²) in [5.74, 6) is -0.133. The van der Waals surface area contributed by atoms with Crippen molar-refractivity contribution < 1.29 is 19.0 Å². The first kappa shape index (κ1) is 22.7. The van der Waals surface area contributed by atoms with Gasteiger partial charge in [0.05, 0.1) is 34.7 Å². The predicted molar refractivity (Wildman–Crippen MR) is 125 cm³/mol. The highest BCUT2D eigenvalue weighted by Crippen LogP contribution is 2.49. The molecule has 1 saturated carbocycles. The fourth-order valence-corrected chi connectivity index (χ4v) is 5.17. The monoisotopic (exact) mass is 488 g/mol. The quantitative estimate of drug-likeness (QED) is 0.338.